The number of amides is 4. The lowest BCUT2D eigenvalue weighted by atomic mass is 10.1. The van der Waals surface area contributed by atoms with Crippen molar-refractivity contribution in [3.8, 4) is 22.8 Å². The van der Waals surface area contributed by atoms with Gasteiger partial charge in [0, 0.05) is 48.2 Å². The van der Waals surface area contributed by atoms with Crippen LogP contribution in [0.3, 0.4) is 0 Å². The van der Waals surface area contributed by atoms with E-state index in [0.717, 1.165) is 5.56 Å². The number of hydrogen-bond donors (Lipinski definition) is 5. The van der Waals surface area contributed by atoms with Crippen molar-refractivity contribution in [1.82, 2.24) is 30.6 Å². The van der Waals surface area contributed by atoms with Crippen molar-refractivity contribution >= 4 is 54.7 Å². The molecule has 5 N–H and O–H groups in total. The van der Waals surface area contributed by atoms with Gasteiger partial charge < -0.3 is 45.6 Å². The summed E-state index contributed by atoms with van der Waals surface area (Å²) in [5.41, 5.74) is 3.61. The quantitative estimate of drug-likeness (QED) is 0.0718. The van der Waals surface area contributed by atoms with Gasteiger partial charge in [-0.05, 0) is 126 Å². The molecule has 2 saturated carbocycles. The highest BCUT2D eigenvalue weighted by atomic mass is 32.2. The maximum atomic E-state index is 13.8. The molecular formula is C55H64N10O9S2. The first kappa shape index (κ1) is 53.8. The Labute approximate surface area is 443 Å². The van der Waals surface area contributed by atoms with Crippen LogP contribution in [-0.2, 0) is 38.6 Å². The van der Waals surface area contributed by atoms with Crippen molar-refractivity contribution in [2.75, 3.05) is 67.1 Å². The van der Waals surface area contributed by atoms with Crippen LogP contribution in [0.25, 0.3) is 22.8 Å². The number of benzene rings is 4. The number of ether oxygens (including phenoxy) is 2. The fourth-order valence-electron chi connectivity index (χ4n) is 9.92. The van der Waals surface area contributed by atoms with Gasteiger partial charge in [0.15, 0.2) is 31.3 Å². The van der Waals surface area contributed by atoms with Gasteiger partial charge in [-0.25, -0.2) is 46.4 Å². The summed E-state index contributed by atoms with van der Waals surface area (Å²) in [6.07, 6.45) is 1.98. The molecule has 76 heavy (non-hydrogen) atoms. The van der Waals surface area contributed by atoms with Crippen LogP contribution in [0.15, 0.2) is 131 Å². The van der Waals surface area contributed by atoms with Crippen molar-refractivity contribution in [2.24, 2.45) is 0 Å². The molecule has 4 atom stereocenters. The Kier molecular flexibility index (Phi) is 15.8. The van der Waals surface area contributed by atoms with Crippen molar-refractivity contribution < 1.29 is 41.0 Å². The SMILES string of the molecule is CNC(=O)Nc1ccc(-c2nc(N3[C@@H](C)COC[C@@H]3C)cc(C3(S(=O)(=O)c4ccccc4)CC3)n2)cc1.C[C@H]1COC[C@H](C)N1c1cc(C2(S(=O)(=O)c3ccccc3)CC2)nc(-c2ccc(NC(=O)NCCO)cc2)n1. The van der Waals surface area contributed by atoms with E-state index in [4.69, 9.17) is 34.5 Å². The first-order valence-corrected chi connectivity index (χ1v) is 28.4. The molecule has 21 heteroatoms. The van der Waals surface area contributed by atoms with Gasteiger partial charge in [0.1, 0.15) is 21.1 Å². The Hall–Kier alpha value is -7.04. The van der Waals surface area contributed by atoms with Crippen LogP contribution in [0.4, 0.5) is 32.6 Å². The molecule has 4 amide bonds. The summed E-state index contributed by atoms with van der Waals surface area (Å²) < 4.78 is 64.6. The van der Waals surface area contributed by atoms with Crippen LogP contribution in [0.2, 0.25) is 0 Å². The second-order valence-electron chi connectivity index (χ2n) is 19.7. The Morgan fingerprint density at radius 2 is 0.934 bits per heavy atom. The van der Waals surface area contributed by atoms with Gasteiger partial charge in [0.05, 0.1) is 78.4 Å². The van der Waals surface area contributed by atoms with E-state index in [1.165, 1.54) is 0 Å². The fourth-order valence-corrected chi connectivity index (χ4v) is 13.9. The van der Waals surface area contributed by atoms with Crippen LogP contribution in [0.1, 0.15) is 64.8 Å². The average Bonchev–Trinajstić information content (AvgIpc) is 4.40. The number of carbonyl (C=O) groups excluding carboxylic acids is 2. The summed E-state index contributed by atoms with van der Waals surface area (Å²) in [6.45, 7) is 10.5. The largest absolute Gasteiger partial charge is 0.395 e. The Morgan fingerprint density at radius 1 is 0.566 bits per heavy atom. The minimum atomic E-state index is -3.69. The van der Waals surface area contributed by atoms with E-state index >= 15 is 0 Å². The molecule has 4 heterocycles. The minimum absolute atomic E-state index is 0.0502. The third kappa shape index (κ3) is 11.0. The summed E-state index contributed by atoms with van der Waals surface area (Å²) in [5.74, 6) is 2.21. The summed E-state index contributed by atoms with van der Waals surface area (Å²) in [4.78, 5) is 48.0. The van der Waals surface area contributed by atoms with Crippen molar-refractivity contribution in [2.45, 2.75) is 96.8 Å². The zero-order valence-corrected chi connectivity index (χ0v) is 44.8. The first-order valence-electron chi connectivity index (χ1n) is 25.5. The number of rotatable bonds is 14. The molecule has 10 rings (SSSR count). The lowest BCUT2D eigenvalue weighted by Crippen LogP contribution is -2.50. The van der Waals surface area contributed by atoms with Gasteiger partial charge in [-0.2, -0.15) is 0 Å². The van der Waals surface area contributed by atoms with E-state index in [2.05, 4.69) is 58.8 Å². The van der Waals surface area contributed by atoms with Gasteiger partial charge in [0.2, 0.25) is 0 Å². The van der Waals surface area contributed by atoms with E-state index in [1.54, 1.807) is 98.0 Å². The lowest BCUT2D eigenvalue weighted by molar-refractivity contribution is 0.0752. The molecule has 0 bridgehead atoms. The number of anilines is 4. The van der Waals surface area contributed by atoms with Crippen LogP contribution >= 0.6 is 0 Å². The number of carbonyl (C=O) groups is 2. The average molecular weight is 1070 g/mol. The molecule has 2 aliphatic heterocycles. The van der Waals surface area contributed by atoms with Crippen LogP contribution < -0.4 is 31.1 Å². The first-order chi connectivity index (χ1) is 36.5. The number of aliphatic hydroxyl groups excluding tert-OH is 1. The smallest absolute Gasteiger partial charge is 0.319 e. The molecule has 19 nitrogen and oxygen atoms in total. The summed E-state index contributed by atoms with van der Waals surface area (Å²) in [6, 6.07) is 34.5. The zero-order chi connectivity index (χ0) is 53.8. The van der Waals surface area contributed by atoms with E-state index in [0.29, 0.717) is 109 Å². The number of aromatic nitrogens is 4. The van der Waals surface area contributed by atoms with Crippen LogP contribution in [-0.4, -0.2) is 125 Å². The van der Waals surface area contributed by atoms with Gasteiger partial charge in [-0.15, -0.1) is 0 Å². The molecule has 2 saturated heterocycles. The Balaban J connectivity index is 0.000000186. The fraction of sp³-hybridized carbons (Fsp3) is 0.382. The van der Waals surface area contributed by atoms with E-state index in [-0.39, 0.29) is 48.2 Å². The molecule has 400 valence electrons. The maximum Gasteiger partial charge on any atom is 0.319 e. The number of aliphatic hydroxyl groups is 1. The Morgan fingerprint density at radius 3 is 1.28 bits per heavy atom. The number of urea groups is 2. The van der Waals surface area contributed by atoms with Gasteiger partial charge in [0.25, 0.3) is 0 Å². The van der Waals surface area contributed by atoms with Gasteiger partial charge in [-0.1, -0.05) is 36.4 Å². The zero-order valence-electron chi connectivity index (χ0n) is 43.1. The molecule has 6 aromatic rings. The maximum absolute atomic E-state index is 13.8. The number of nitrogens with zero attached hydrogens (tertiary/aromatic N) is 6. The van der Waals surface area contributed by atoms with E-state index < -0.39 is 35.2 Å². The van der Waals surface area contributed by atoms with E-state index in [9.17, 15) is 26.4 Å². The Bertz CT molecular complexity index is 3240. The third-order valence-electron chi connectivity index (χ3n) is 14.2. The molecule has 2 aliphatic carbocycles. The highest BCUT2D eigenvalue weighted by molar-refractivity contribution is 7.93. The van der Waals surface area contributed by atoms with Crippen molar-refractivity contribution in [1.29, 1.82) is 0 Å². The van der Waals surface area contributed by atoms with Crippen molar-refractivity contribution in [3.63, 3.8) is 0 Å². The summed E-state index contributed by atoms with van der Waals surface area (Å²) in [7, 11) is -5.80. The predicted octanol–water partition coefficient (Wildman–Crippen LogP) is 7.31. The standard InChI is InChI=1S/C28H33N5O5S.C27H31N5O4S/c1-19-17-38-18-20(2)33(19)25-16-24(28(12-13-28)39(36,37)23-6-4-3-5-7-23)31-26(32-25)21-8-10-22(11-9-21)30-27(35)29-14-15-34;1-18-16-36-17-19(2)32(18)24-15-23(27(13-14-27)37(34,35)22-7-5-4-6-8-22)30-25(31-24)20-9-11-21(12-10-20)29-26(33)28-3/h3-11,16,19-20,34H,12-15,17-18H2,1-2H3,(H2,29,30,35);4-12,15,18-19H,13-14,16-17H2,1-3H3,(H2,28,29,33)/t19-,20-;18-,19-/m00/s1. The normalized spacial score (nSPS) is 20.6. The molecule has 0 radical (unpaired) electrons. The minimum Gasteiger partial charge on any atom is -0.395 e. The topological polar surface area (TPSA) is 247 Å². The summed E-state index contributed by atoms with van der Waals surface area (Å²) >= 11 is 0. The molecule has 4 aromatic carbocycles. The number of nitrogens with one attached hydrogen (secondary N) is 4. The van der Waals surface area contributed by atoms with Crippen LogP contribution in [0.5, 0.6) is 0 Å². The molecule has 4 fully saturated rings. The molecular weight excluding hydrogens is 1010 g/mol. The van der Waals surface area contributed by atoms with Crippen LogP contribution in [0, 0.1) is 0 Å². The highest BCUT2D eigenvalue weighted by Gasteiger charge is 2.59. The highest BCUT2D eigenvalue weighted by Crippen LogP contribution is 2.56. The van der Waals surface area contributed by atoms with Gasteiger partial charge >= 0.3 is 12.1 Å². The third-order valence-corrected chi connectivity index (χ3v) is 19.3. The number of morpholine rings is 2. The summed E-state index contributed by atoms with van der Waals surface area (Å²) in [5, 5.41) is 19.4. The van der Waals surface area contributed by atoms with Gasteiger partial charge in [-0.3, -0.25) is 0 Å². The predicted molar refractivity (Wildman–Crippen MR) is 291 cm³/mol. The monoisotopic (exact) mass is 1070 g/mol. The second-order valence-corrected chi connectivity index (χ2v) is 24.3. The lowest BCUT2D eigenvalue weighted by Gasteiger charge is -2.40. The molecule has 2 aromatic heterocycles. The number of hydrogen-bond acceptors (Lipinski definition) is 15. The molecule has 4 aliphatic rings. The van der Waals surface area contributed by atoms with E-state index in [1.807, 2.05) is 30.3 Å². The van der Waals surface area contributed by atoms with Crippen molar-refractivity contribution in [3.05, 3.63) is 133 Å². The second kappa shape index (κ2) is 22.3. The number of sulfone groups is 2. The molecule has 0 spiro atoms. The molecule has 0 unspecified atom stereocenters.